The lowest BCUT2D eigenvalue weighted by molar-refractivity contribution is 0.164. The number of hydrogen-bond acceptors (Lipinski definition) is 4. The van der Waals surface area contributed by atoms with Crippen LogP contribution in [0.5, 0.6) is 0 Å². The van der Waals surface area contributed by atoms with E-state index in [-0.39, 0.29) is 6.10 Å². The smallest absolute Gasteiger partial charge is 0.0676 e. The molecule has 0 aromatic heterocycles. The third-order valence-corrected chi connectivity index (χ3v) is 1.70. The summed E-state index contributed by atoms with van der Waals surface area (Å²) >= 11 is 0. The summed E-state index contributed by atoms with van der Waals surface area (Å²) in [5.74, 6) is 0. The molecule has 0 spiro atoms. The molecule has 4 heteroatoms. The van der Waals surface area contributed by atoms with Gasteiger partial charge in [0.2, 0.25) is 0 Å². The predicted octanol–water partition coefficient (Wildman–Crippen LogP) is -0.233. The van der Waals surface area contributed by atoms with Gasteiger partial charge < -0.3 is 16.2 Å². The van der Waals surface area contributed by atoms with Crippen molar-refractivity contribution in [1.82, 2.24) is 5.32 Å². The van der Waals surface area contributed by atoms with Gasteiger partial charge in [0.25, 0.3) is 0 Å². The van der Waals surface area contributed by atoms with Crippen molar-refractivity contribution in [2.75, 3.05) is 26.2 Å². The van der Waals surface area contributed by atoms with Crippen LogP contribution in [0.15, 0.2) is 4.99 Å². The average molecular weight is 187 g/mol. The van der Waals surface area contributed by atoms with Crippen molar-refractivity contribution in [2.45, 2.75) is 25.9 Å². The van der Waals surface area contributed by atoms with E-state index in [4.69, 9.17) is 5.73 Å². The normalized spacial score (nSPS) is 13.8. The molecule has 0 aromatic carbocycles. The Labute approximate surface area is 80.2 Å². The SMILES string of the molecule is CC=NCCCNCC(O)CCN. The molecule has 0 amide bonds. The molecule has 0 aromatic rings. The maximum Gasteiger partial charge on any atom is 0.0676 e. The van der Waals surface area contributed by atoms with Crippen molar-refractivity contribution in [1.29, 1.82) is 0 Å². The minimum atomic E-state index is -0.306. The molecule has 0 saturated heterocycles. The van der Waals surface area contributed by atoms with Crippen LogP contribution < -0.4 is 11.1 Å². The summed E-state index contributed by atoms with van der Waals surface area (Å²) in [5.41, 5.74) is 5.29. The van der Waals surface area contributed by atoms with Gasteiger partial charge in [0.15, 0.2) is 0 Å². The van der Waals surface area contributed by atoms with Crippen LogP contribution in [0, 0.1) is 0 Å². The van der Waals surface area contributed by atoms with E-state index >= 15 is 0 Å². The average Bonchev–Trinajstić information content (AvgIpc) is 2.11. The number of aliphatic imine (C=N–C) groups is 1. The Morgan fingerprint density at radius 2 is 2.38 bits per heavy atom. The topological polar surface area (TPSA) is 70.6 Å². The zero-order valence-electron chi connectivity index (χ0n) is 8.37. The third-order valence-electron chi connectivity index (χ3n) is 1.70. The predicted molar refractivity (Wildman–Crippen MR) is 56.2 cm³/mol. The van der Waals surface area contributed by atoms with Crippen molar-refractivity contribution in [3.8, 4) is 0 Å². The highest BCUT2D eigenvalue weighted by Gasteiger charge is 2.00. The molecule has 0 fully saturated rings. The molecule has 0 saturated carbocycles. The summed E-state index contributed by atoms with van der Waals surface area (Å²) in [7, 11) is 0. The standard InChI is InChI=1S/C9H21N3O/c1-2-11-6-3-7-12-8-9(13)4-5-10/h2,9,12-13H,3-8,10H2,1H3. The molecule has 0 bridgehead atoms. The molecule has 0 radical (unpaired) electrons. The van der Waals surface area contributed by atoms with Crippen LogP contribution in [-0.2, 0) is 0 Å². The van der Waals surface area contributed by atoms with Crippen molar-refractivity contribution >= 4 is 6.21 Å². The summed E-state index contributed by atoms with van der Waals surface area (Å²) < 4.78 is 0. The number of nitrogens with two attached hydrogens (primary N) is 1. The number of nitrogens with one attached hydrogen (secondary N) is 1. The maximum atomic E-state index is 9.28. The van der Waals surface area contributed by atoms with Gasteiger partial charge in [-0.2, -0.15) is 0 Å². The Bertz CT molecular complexity index is 128. The van der Waals surface area contributed by atoms with Crippen LogP contribution in [0.4, 0.5) is 0 Å². The Kier molecular flexibility index (Phi) is 9.30. The number of hydrogen-bond donors (Lipinski definition) is 3. The van der Waals surface area contributed by atoms with Crippen LogP contribution >= 0.6 is 0 Å². The lowest BCUT2D eigenvalue weighted by Gasteiger charge is -2.09. The lowest BCUT2D eigenvalue weighted by atomic mass is 10.2. The van der Waals surface area contributed by atoms with Crippen LogP contribution in [0.1, 0.15) is 19.8 Å². The van der Waals surface area contributed by atoms with E-state index < -0.39 is 0 Å². The molecule has 0 aliphatic carbocycles. The van der Waals surface area contributed by atoms with Gasteiger partial charge in [-0.25, -0.2) is 0 Å². The Morgan fingerprint density at radius 1 is 1.62 bits per heavy atom. The summed E-state index contributed by atoms with van der Waals surface area (Å²) in [6, 6.07) is 0. The van der Waals surface area contributed by atoms with E-state index in [2.05, 4.69) is 10.3 Å². The molecular weight excluding hydrogens is 166 g/mol. The zero-order valence-corrected chi connectivity index (χ0v) is 8.37. The van der Waals surface area contributed by atoms with Crippen LogP contribution in [0.2, 0.25) is 0 Å². The fourth-order valence-corrected chi connectivity index (χ4v) is 0.988. The largest absolute Gasteiger partial charge is 0.392 e. The van der Waals surface area contributed by atoms with Gasteiger partial charge in [0, 0.05) is 13.1 Å². The first kappa shape index (κ1) is 12.6. The first-order valence-corrected chi connectivity index (χ1v) is 4.84. The van der Waals surface area contributed by atoms with E-state index in [0.29, 0.717) is 19.5 Å². The van der Waals surface area contributed by atoms with Gasteiger partial charge in [0.05, 0.1) is 6.10 Å². The monoisotopic (exact) mass is 187 g/mol. The summed E-state index contributed by atoms with van der Waals surface area (Å²) in [4.78, 5) is 4.08. The quantitative estimate of drug-likeness (QED) is 0.363. The van der Waals surface area contributed by atoms with Crippen LogP contribution in [0.3, 0.4) is 0 Å². The Balaban J connectivity index is 3.06. The second kappa shape index (κ2) is 9.64. The minimum Gasteiger partial charge on any atom is -0.392 e. The third kappa shape index (κ3) is 9.46. The molecule has 78 valence electrons. The second-order valence-electron chi connectivity index (χ2n) is 2.95. The lowest BCUT2D eigenvalue weighted by Crippen LogP contribution is -2.29. The number of nitrogens with zero attached hydrogens (tertiary/aromatic N) is 1. The molecule has 0 rings (SSSR count). The highest BCUT2D eigenvalue weighted by Crippen LogP contribution is 1.86. The molecular formula is C9H21N3O. The van der Waals surface area contributed by atoms with Crippen molar-refractivity contribution < 1.29 is 5.11 Å². The van der Waals surface area contributed by atoms with E-state index in [1.165, 1.54) is 0 Å². The zero-order chi connectivity index (χ0) is 9.94. The highest BCUT2D eigenvalue weighted by molar-refractivity contribution is 5.53. The first-order valence-electron chi connectivity index (χ1n) is 4.84. The second-order valence-corrected chi connectivity index (χ2v) is 2.95. The van der Waals surface area contributed by atoms with E-state index in [1.54, 1.807) is 0 Å². The fourth-order valence-electron chi connectivity index (χ4n) is 0.988. The van der Waals surface area contributed by atoms with Crippen molar-refractivity contribution in [3.63, 3.8) is 0 Å². The van der Waals surface area contributed by atoms with Crippen LogP contribution in [-0.4, -0.2) is 43.6 Å². The van der Waals surface area contributed by atoms with Gasteiger partial charge in [0.1, 0.15) is 0 Å². The van der Waals surface area contributed by atoms with Gasteiger partial charge in [-0.3, -0.25) is 4.99 Å². The van der Waals surface area contributed by atoms with E-state index in [1.807, 2.05) is 13.1 Å². The number of aliphatic hydroxyl groups excluding tert-OH is 1. The molecule has 4 nitrogen and oxygen atoms in total. The van der Waals surface area contributed by atoms with Gasteiger partial charge in [-0.05, 0) is 39.1 Å². The highest BCUT2D eigenvalue weighted by atomic mass is 16.3. The van der Waals surface area contributed by atoms with Crippen LogP contribution in [0.25, 0.3) is 0 Å². The molecule has 1 atom stereocenters. The Hall–Kier alpha value is -0.450. The van der Waals surface area contributed by atoms with E-state index in [0.717, 1.165) is 19.5 Å². The maximum absolute atomic E-state index is 9.28. The number of rotatable bonds is 8. The van der Waals surface area contributed by atoms with E-state index in [9.17, 15) is 5.11 Å². The van der Waals surface area contributed by atoms with Crippen molar-refractivity contribution in [3.05, 3.63) is 0 Å². The number of aliphatic hydroxyl groups is 1. The Morgan fingerprint density at radius 3 is 3.00 bits per heavy atom. The summed E-state index contributed by atoms with van der Waals surface area (Å²) in [6.07, 6.45) is 3.18. The van der Waals surface area contributed by atoms with Gasteiger partial charge in [-0.15, -0.1) is 0 Å². The summed E-state index contributed by atoms with van der Waals surface area (Å²) in [6.45, 7) is 4.85. The molecule has 13 heavy (non-hydrogen) atoms. The molecule has 4 N–H and O–H groups in total. The first-order chi connectivity index (χ1) is 6.31. The van der Waals surface area contributed by atoms with Gasteiger partial charge in [-0.1, -0.05) is 0 Å². The minimum absolute atomic E-state index is 0.306. The molecule has 0 aliphatic rings. The fraction of sp³-hybridized carbons (Fsp3) is 0.889. The van der Waals surface area contributed by atoms with Crippen molar-refractivity contribution in [2.24, 2.45) is 10.7 Å². The molecule has 0 heterocycles. The van der Waals surface area contributed by atoms with Gasteiger partial charge >= 0.3 is 0 Å². The molecule has 1 unspecified atom stereocenters. The molecule has 0 aliphatic heterocycles. The summed E-state index contributed by atoms with van der Waals surface area (Å²) in [5, 5.41) is 12.4.